The Hall–Kier alpha value is -2.36. The number of hydrogen-bond donors (Lipinski definition) is 1. The van der Waals surface area contributed by atoms with Crippen LogP contribution in [-0.4, -0.2) is 30.0 Å². The van der Waals surface area contributed by atoms with E-state index in [1.54, 1.807) is 6.20 Å². The van der Waals surface area contributed by atoms with Gasteiger partial charge >= 0.3 is 0 Å². The van der Waals surface area contributed by atoms with E-state index in [0.29, 0.717) is 5.56 Å². The fourth-order valence-electron chi connectivity index (χ4n) is 3.48. The summed E-state index contributed by atoms with van der Waals surface area (Å²) in [6, 6.07) is 12.9. The highest BCUT2D eigenvalue weighted by atomic mass is 16.1. The Labute approximate surface area is 156 Å². The zero-order valence-corrected chi connectivity index (χ0v) is 15.8. The molecule has 0 bridgehead atoms. The lowest BCUT2D eigenvalue weighted by Gasteiger charge is -2.33. The zero-order valence-electron chi connectivity index (χ0n) is 15.8. The highest BCUT2D eigenvalue weighted by molar-refractivity contribution is 5.94. The molecule has 4 nitrogen and oxygen atoms in total. The minimum Gasteiger partial charge on any atom is -0.370 e. The highest BCUT2D eigenvalue weighted by Crippen LogP contribution is 2.25. The first-order chi connectivity index (χ1) is 12.7. The minimum atomic E-state index is -0.0346. The van der Waals surface area contributed by atoms with Crippen molar-refractivity contribution in [3.8, 4) is 0 Å². The van der Waals surface area contributed by atoms with Gasteiger partial charge in [0.25, 0.3) is 5.91 Å². The number of rotatable bonds is 6. The standard InChI is InChI=1S/C22H29N3O/c1-3-17(2)24-22(26)20-14-21(16-23-15-20)25-11-9-19(10-12-25)13-18-7-5-4-6-8-18/h4-8,14-17,19H,3,9-13H2,1-2H3,(H,24,26). The van der Waals surface area contributed by atoms with Gasteiger partial charge in [0.05, 0.1) is 17.4 Å². The van der Waals surface area contributed by atoms with Gasteiger partial charge in [-0.05, 0) is 50.2 Å². The second kappa shape index (κ2) is 8.84. The number of anilines is 1. The average Bonchev–Trinajstić information content (AvgIpc) is 2.69. The van der Waals surface area contributed by atoms with E-state index in [-0.39, 0.29) is 11.9 Å². The van der Waals surface area contributed by atoms with Crippen molar-refractivity contribution in [2.45, 2.75) is 45.6 Å². The maximum Gasteiger partial charge on any atom is 0.253 e. The Balaban J connectivity index is 1.57. The fourth-order valence-corrected chi connectivity index (χ4v) is 3.48. The number of aromatic nitrogens is 1. The molecule has 26 heavy (non-hydrogen) atoms. The second-order valence-electron chi connectivity index (χ2n) is 7.33. The molecule has 0 saturated carbocycles. The molecule has 0 spiro atoms. The molecule has 1 aromatic carbocycles. The number of nitrogens with one attached hydrogen (secondary N) is 1. The van der Waals surface area contributed by atoms with Gasteiger partial charge in [-0.1, -0.05) is 37.3 Å². The number of benzene rings is 1. The Morgan fingerprint density at radius 1 is 1.23 bits per heavy atom. The third-order valence-electron chi connectivity index (χ3n) is 5.32. The summed E-state index contributed by atoms with van der Waals surface area (Å²) >= 11 is 0. The Morgan fingerprint density at radius 2 is 1.96 bits per heavy atom. The van der Waals surface area contributed by atoms with Crippen LogP contribution in [0.2, 0.25) is 0 Å². The summed E-state index contributed by atoms with van der Waals surface area (Å²) < 4.78 is 0. The van der Waals surface area contributed by atoms with E-state index in [2.05, 4.69) is 52.5 Å². The second-order valence-corrected chi connectivity index (χ2v) is 7.33. The van der Waals surface area contributed by atoms with Crippen molar-refractivity contribution in [3.63, 3.8) is 0 Å². The van der Waals surface area contributed by atoms with Crippen molar-refractivity contribution in [3.05, 3.63) is 59.9 Å². The summed E-state index contributed by atoms with van der Waals surface area (Å²) in [6.07, 6.45) is 7.97. The highest BCUT2D eigenvalue weighted by Gasteiger charge is 2.20. The van der Waals surface area contributed by atoms with Crippen LogP contribution in [0.1, 0.15) is 49.0 Å². The normalized spacial score (nSPS) is 16.3. The van der Waals surface area contributed by atoms with Crippen LogP contribution in [0.3, 0.4) is 0 Å². The Morgan fingerprint density at radius 3 is 2.65 bits per heavy atom. The predicted molar refractivity (Wildman–Crippen MR) is 107 cm³/mol. The van der Waals surface area contributed by atoms with Crippen molar-refractivity contribution in [1.29, 1.82) is 0 Å². The number of carbonyl (C=O) groups is 1. The first-order valence-electron chi connectivity index (χ1n) is 9.70. The number of nitrogens with zero attached hydrogens (tertiary/aromatic N) is 2. The maximum atomic E-state index is 12.3. The van der Waals surface area contributed by atoms with Crippen LogP contribution >= 0.6 is 0 Å². The van der Waals surface area contributed by atoms with Crippen molar-refractivity contribution >= 4 is 11.6 Å². The summed E-state index contributed by atoms with van der Waals surface area (Å²) in [4.78, 5) is 19.0. The maximum absolute atomic E-state index is 12.3. The van der Waals surface area contributed by atoms with Crippen LogP contribution in [0.5, 0.6) is 0 Å². The molecule has 1 aliphatic rings. The number of pyridine rings is 1. The smallest absolute Gasteiger partial charge is 0.253 e. The molecule has 1 amide bonds. The molecule has 3 rings (SSSR count). The molecule has 138 valence electrons. The van der Waals surface area contributed by atoms with Crippen LogP contribution in [0, 0.1) is 5.92 Å². The fraction of sp³-hybridized carbons (Fsp3) is 0.455. The summed E-state index contributed by atoms with van der Waals surface area (Å²) in [5.41, 5.74) is 3.13. The molecule has 1 saturated heterocycles. The number of carbonyl (C=O) groups excluding carboxylic acids is 1. The van der Waals surface area contributed by atoms with E-state index in [0.717, 1.165) is 37.5 Å². The molecule has 0 aliphatic carbocycles. The quantitative estimate of drug-likeness (QED) is 0.853. The SMILES string of the molecule is CCC(C)NC(=O)c1cncc(N2CCC(Cc3ccccc3)CC2)c1. The van der Waals surface area contributed by atoms with Gasteiger partial charge in [-0.3, -0.25) is 9.78 Å². The van der Waals surface area contributed by atoms with Gasteiger partial charge in [0.1, 0.15) is 0 Å². The lowest BCUT2D eigenvalue weighted by atomic mass is 9.90. The largest absolute Gasteiger partial charge is 0.370 e. The predicted octanol–water partition coefficient (Wildman–Crippen LogP) is 4.07. The van der Waals surface area contributed by atoms with Gasteiger partial charge in [0.15, 0.2) is 0 Å². The van der Waals surface area contributed by atoms with E-state index in [1.165, 1.54) is 18.4 Å². The summed E-state index contributed by atoms with van der Waals surface area (Å²) in [5, 5.41) is 3.01. The van der Waals surface area contributed by atoms with Crippen LogP contribution < -0.4 is 10.2 Å². The summed E-state index contributed by atoms with van der Waals surface area (Å²) in [5.74, 6) is 0.700. The number of hydrogen-bond acceptors (Lipinski definition) is 3. The monoisotopic (exact) mass is 351 g/mol. The molecule has 2 heterocycles. The van der Waals surface area contributed by atoms with Gasteiger partial charge < -0.3 is 10.2 Å². The van der Waals surface area contributed by atoms with Crippen molar-refractivity contribution in [2.75, 3.05) is 18.0 Å². The van der Waals surface area contributed by atoms with Crippen LogP contribution in [0.15, 0.2) is 48.8 Å². The number of piperidine rings is 1. The molecule has 4 heteroatoms. The van der Waals surface area contributed by atoms with E-state index in [4.69, 9.17) is 0 Å². The van der Waals surface area contributed by atoms with E-state index in [1.807, 2.05) is 19.2 Å². The minimum absolute atomic E-state index is 0.0346. The average molecular weight is 351 g/mol. The van der Waals surface area contributed by atoms with Gasteiger partial charge in [-0.15, -0.1) is 0 Å². The first kappa shape index (κ1) is 18.4. The molecule has 2 aromatic rings. The molecule has 1 aromatic heterocycles. The first-order valence-corrected chi connectivity index (χ1v) is 9.70. The molecule has 1 fully saturated rings. The lowest BCUT2D eigenvalue weighted by Crippen LogP contribution is -2.35. The van der Waals surface area contributed by atoms with Crippen molar-refractivity contribution in [2.24, 2.45) is 5.92 Å². The summed E-state index contributed by atoms with van der Waals surface area (Å²) in [7, 11) is 0. The Bertz CT molecular complexity index is 708. The molecular formula is C22H29N3O. The van der Waals surface area contributed by atoms with Crippen molar-refractivity contribution < 1.29 is 4.79 Å². The molecule has 1 aliphatic heterocycles. The van der Waals surface area contributed by atoms with E-state index < -0.39 is 0 Å². The van der Waals surface area contributed by atoms with Crippen LogP contribution in [-0.2, 0) is 6.42 Å². The molecule has 1 N–H and O–H groups in total. The van der Waals surface area contributed by atoms with Gasteiger partial charge in [0, 0.05) is 25.3 Å². The molecule has 0 radical (unpaired) electrons. The van der Waals surface area contributed by atoms with Crippen LogP contribution in [0.4, 0.5) is 5.69 Å². The molecular weight excluding hydrogens is 322 g/mol. The van der Waals surface area contributed by atoms with E-state index >= 15 is 0 Å². The Kier molecular flexibility index (Phi) is 6.26. The zero-order chi connectivity index (χ0) is 18.4. The number of amides is 1. The third kappa shape index (κ3) is 4.84. The topological polar surface area (TPSA) is 45.2 Å². The van der Waals surface area contributed by atoms with E-state index in [9.17, 15) is 4.79 Å². The van der Waals surface area contributed by atoms with Gasteiger partial charge in [0.2, 0.25) is 0 Å². The summed E-state index contributed by atoms with van der Waals surface area (Å²) in [6.45, 7) is 6.14. The third-order valence-corrected chi connectivity index (χ3v) is 5.32. The molecule has 1 atom stereocenters. The lowest BCUT2D eigenvalue weighted by molar-refractivity contribution is 0.0939. The van der Waals surface area contributed by atoms with Gasteiger partial charge in [-0.2, -0.15) is 0 Å². The van der Waals surface area contributed by atoms with Crippen molar-refractivity contribution in [1.82, 2.24) is 10.3 Å². The van der Waals surface area contributed by atoms with Crippen LogP contribution in [0.25, 0.3) is 0 Å². The van der Waals surface area contributed by atoms with Gasteiger partial charge in [-0.25, -0.2) is 0 Å². The molecule has 1 unspecified atom stereocenters.